The van der Waals surface area contributed by atoms with Crippen molar-refractivity contribution in [2.24, 2.45) is 0 Å². The molecule has 3 rings (SSSR count). The topological polar surface area (TPSA) is 103 Å². The minimum absolute atomic E-state index is 0.0979. The summed E-state index contributed by atoms with van der Waals surface area (Å²) in [5, 5.41) is 10.4. The Morgan fingerprint density at radius 3 is 2.57 bits per heavy atom. The van der Waals surface area contributed by atoms with Gasteiger partial charge in [0.25, 0.3) is 0 Å². The fourth-order valence-electron chi connectivity index (χ4n) is 3.12. The van der Waals surface area contributed by atoms with E-state index >= 15 is 0 Å². The van der Waals surface area contributed by atoms with Gasteiger partial charge in [0.1, 0.15) is 0 Å². The molecule has 8 heteroatoms. The molecular weight excluding hydrogens is 378 g/mol. The van der Waals surface area contributed by atoms with Crippen LogP contribution >= 0.6 is 0 Å². The van der Waals surface area contributed by atoms with Crippen molar-refractivity contribution in [1.29, 1.82) is 0 Å². The predicted octanol–water partition coefficient (Wildman–Crippen LogP) is 2.94. The fourth-order valence-corrected chi connectivity index (χ4v) is 3.88. The van der Waals surface area contributed by atoms with Crippen LogP contribution in [-0.4, -0.2) is 43.1 Å². The summed E-state index contributed by atoms with van der Waals surface area (Å²) in [5.41, 5.74) is 3.47. The lowest BCUT2D eigenvalue weighted by Gasteiger charge is -2.19. The third kappa shape index (κ3) is 4.90. The van der Waals surface area contributed by atoms with Crippen molar-refractivity contribution in [3.63, 3.8) is 0 Å². The Balaban J connectivity index is 1.76. The van der Waals surface area contributed by atoms with E-state index in [4.69, 9.17) is 0 Å². The molecule has 0 atom stereocenters. The van der Waals surface area contributed by atoms with Crippen LogP contribution in [0.5, 0.6) is 0 Å². The molecule has 1 heterocycles. The molecule has 148 valence electrons. The van der Waals surface area contributed by atoms with Gasteiger partial charge in [0.2, 0.25) is 10.0 Å². The van der Waals surface area contributed by atoms with Gasteiger partial charge >= 0.3 is 6.09 Å². The molecular formula is C20H23N3O4S. The van der Waals surface area contributed by atoms with Crippen LogP contribution in [-0.2, 0) is 28.7 Å². The van der Waals surface area contributed by atoms with E-state index in [0.717, 1.165) is 22.0 Å². The molecule has 0 aliphatic heterocycles. The minimum atomic E-state index is -3.35. The average Bonchev–Trinajstić information content (AvgIpc) is 3.07. The number of rotatable bonds is 8. The van der Waals surface area contributed by atoms with E-state index in [-0.39, 0.29) is 5.75 Å². The van der Waals surface area contributed by atoms with E-state index in [1.54, 1.807) is 6.07 Å². The second-order valence-corrected chi connectivity index (χ2v) is 8.52. The van der Waals surface area contributed by atoms with Gasteiger partial charge in [-0.25, -0.2) is 17.9 Å². The van der Waals surface area contributed by atoms with Crippen LogP contribution < -0.4 is 4.72 Å². The fraction of sp³-hybridized carbons (Fsp3) is 0.250. The van der Waals surface area contributed by atoms with Gasteiger partial charge in [0, 0.05) is 30.2 Å². The van der Waals surface area contributed by atoms with Crippen LogP contribution in [0.25, 0.3) is 10.9 Å². The van der Waals surface area contributed by atoms with Crippen molar-refractivity contribution in [3.8, 4) is 0 Å². The highest BCUT2D eigenvalue weighted by Crippen LogP contribution is 2.22. The molecule has 0 bridgehead atoms. The van der Waals surface area contributed by atoms with Gasteiger partial charge in [-0.15, -0.1) is 0 Å². The van der Waals surface area contributed by atoms with Crippen LogP contribution in [0.1, 0.15) is 16.7 Å². The first-order valence-electron chi connectivity index (χ1n) is 8.90. The third-order valence-electron chi connectivity index (χ3n) is 4.64. The van der Waals surface area contributed by atoms with Gasteiger partial charge in [-0.3, -0.25) is 0 Å². The standard InChI is InChI=1S/C20H23N3O4S/c1-21-28(26,27)14-16-7-8-19-18(11-16)17(12-22-19)9-10-23(20(24)25)13-15-5-3-2-4-6-15/h2-8,11-12,21-22H,9-10,13-14H2,1H3,(H,24,25). The molecule has 1 aromatic heterocycles. The quantitative estimate of drug-likeness (QED) is 0.540. The van der Waals surface area contributed by atoms with E-state index in [1.807, 2.05) is 48.7 Å². The number of nitrogens with zero attached hydrogens (tertiary/aromatic N) is 1. The number of fused-ring (bicyclic) bond motifs is 1. The van der Waals surface area contributed by atoms with Gasteiger partial charge in [0.05, 0.1) is 5.75 Å². The summed E-state index contributed by atoms with van der Waals surface area (Å²) in [6.07, 6.45) is 1.41. The highest BCUT2D eigenvalue weighted by Gasteiger charge is 2.15. The molecule has 0 fully saturated rings. The number of H-pyrrole nitrogens is 1. The van der Waals surface area contributed by atoms with E-state index in [1.165, 1.54) is 11.9 Å². The second kappa shape index (κ2) is 8.45. The van der Waals surface area contributed by atoms with Crippen molar-refractivity contribution in [2.45, 2.75) is 18.7 Å². The van der Waals surface area contributed by atoms with Crippen LogP contribution in [0.4, 0.5) is 4.79 Å². The first kappa shape index (κ1) is 19.9. The molecule has 0 aliphatic carbocycles. The van der Waals surface area contributed by atoms with Gasteiger partial charge in [-0.05, 0) is 42.3 Å². The van der Waals surface area contributed by atoms with Gasteiger partial charge in [-0.1, -0.05) is 36.4 Å². The van der Waals surface area contributed by atoms with E-state index in [2.05, 4.69) is 9.71 Å². The van der Waals surface area contributed by atoms with Crippen LogP contribution in [0.2, 0.25) is 0 Å². The van der Waals surface area contributed by atoms with Crippen molar-refractivity contribution in [2.75, 3.05) is 13.6 Å². The van der Waals surface area contributed by atoms with Crippen LogP contribution in [0, 0.1) is 0 Å². The summed E-state index contributed by atoms with van der Waals surface area (Å²) < 4.78 is 25.9. The summed E-state index contributed by atoms with van der Waals surface area (Å²) in [7, 11) is -1.96. The van der Waals surface area contributed by atoms with Crippen LogP contribution in [0.3, 0.4) is 0 Å². The first-order chi connectivity index (χ1) is 13.4. The summed E-state index contributed by atoms with van der Waals surface area (Å²) in [4.78, 5) is 16.2. The zero-order chi connectivity index (χ0) is 20.1. The lowest BCUT2D eigenvalue weighted by Crippen LogP contribution is -2.30. The largest absolute Gasteiger partial charge is 0.465 e. The first-order valence-corrected chi connectivity index (χ1v) is 10.5. The Morgan fingerprint density at radius 2 is 1.89 bits per heavy atom. The maximum atomic E-state index is 11.8. The lowest BCUT2D eigenvalue weighted by atomic mass is 10.1. The molecule has 0 radical (unpaired) electrons. The Morgan fingerprint density at radius 1 is 1.14 bits per heavy atom. The monoisotopic (exact) mass is 401 g/mol. The third-order valence-corrected chi connectivity index (χ3v) is 5.97. The molecule has 1 amide bonds. The Labute approximate surface area is 164 Å². The number of amides is 1. The highest BCUT2D eigenvalue weighted by molar-refractivity contribution is 7.88. The number of sulfonamides is 1. The zero-order valence-corrected chi connectivity index (χ0v) is 16.4. The van der Waals surface area contributed by atoms with Crippen molar-refractivity contribution in [1.82, 2.24) is 14.6 Å². The molecule has 0 saturated heterocycles. The van der Waals surface area contributed by atoms with Gasteiger partial charge in [0.15, 0.2) is 0 Å². The van der Waals surface area contributed by atoms with Crippen LogP contribution in [0.15, 0.2) is 54.7 Å². The zero-order valence-electron chi connectivity index (χ0n) is 15.6. The molecule has 28 heavy (non-hydrogen) atoms. The molecule has 0 aliphatic rings. The number of hydrogen-bond acceptors (Lipinski definition) is 3. The maximum Gasteiger partial charge on any atom is 0.407 e. The minimum Gasteiger partial charge on any atom is -0.465 e. The van der Waals surface area contributed by atoms with Crippen molar-refractivity contribution < 1.29 is 18.3 Å². The second-order valence-electron chi connectivity index (χ2n) is 6.60. The molecule has 0 spiro atoms. The number of carboxylic acid groups (broad SMARTS) is 1. The summed E-state index contributed by atoms with van der Waals surface area (Å²) >= 11 is 0. The normalized spacial score (nSPS) is 11.6. The Hall–Kier alpha value is -2.84. The number of carbonyl (C=O) groups is 1. The summed E-state index contributed by atoms with van der Waals surface area (Å²) in [5.74, 6) is -0.0979. The number of aromatic nitrogens is 1. The SMILES string of the molecule is CNS(=O)(=O)Cc1ccc2[nH]cc(CCN(Cc3ccccc3)C(=O)O)c2c1. The van der Waals surface area contributed by atoms with Crippen molar-refractivity contribution in [3.05, 3.63) is 71.4 Å². The van der Waals surface area contributed by atoms with Gasteiger partial charge in [-0.2, -0.15) is 0 Å². The van der Waals surface area contributed by atoms with E-state index in [9.17, 15) is 18.3 Å². The smallest absolute Gasteiger partial charge is 0.407 e. The predicted molar refractivity (Wildman–Crippen MR) is 109 cm³/mol. The molecule has 0 saturated carbocycles. The molecule has 2 aromatic carbocycles. The number of hydrogen-bond donors (Lipinski definition) is 3. The number of benzene rings is 2. The maximum absolute atomic E-state index is 11.8. The summed E-state index contributed by atoms with van der Waals surface area (Å²) in [6.45, 7) is 0.667. The molecule has 7 nitrogen and oxygen atoms in total. The highest BCUT2D eigenvalue weighted by atomic mass is 32.2. The van der Waals surface area contributed by atoms with Crippen molar-refractivity contribution >= 4 is 27.0 Å². The summed E-state index contributed by atoms with van der Waals surface area (Å²) in [6, 6.07) is 14.9. The number of nitrogens with one attached hydrogen (secondary N) is 2. The Kier molecular flexibility index (Phi) is 6.01. The molecule has 3 aromatic rings. The lowest BCUT2D eigenvalue weighted by molar-refractivity contribution is 0.143. The average molecular weight is 401 g/mol. The molecule has 3 N–H and O–H groups in total. The molecule has 0 unspecified atom stereocenters. The number of aromatic amines is 1. The Bertz CT molecular complexity index is 1060. The van der Waals surface area contributed by atoms with Gasteiger partial charge < -0.3 is 15.0 Å². The van der Waals surface area contributed by atoms with E-state index in [0.29, 0.717) is 25.1 Å². The van der Waals surface area contributed by atoms with E-state index < -0.39 is 16.1 Å².